The van der Waals surface area contributed by atoms with Gasteiger partial charge in [-0.1, -0.05) is 12.1 Å². The van der Waals surface area contributed by atoms with E-state index < -0.39 is 41.0 Å². The predicted octanol–water partition coefficient (Wildman–Crippen LogP) is 1.80. The second-order valence-electron chi connectivity index (χ2n) is 9.93. The molecule has 0 bridgehead atoms. The number of aryl methyl sites for hydroxylation is 2. The summed E-state index contributed by atoms with van der Waals surface area (Å²) >= 11 is 0. The number of nitrogens with one attached hydrogen (secondary N) is 1. The molecule has 0 unspecified atom stereocenters. The van der Waals surface area contributed by atoms with E-state index in [-0.39, 0.29) is 55.8 Å². The Hall–Kier alpha value is -3.45. The smallest absolute Gasteiger partial charge is 0.390 e. The summed E-state index contributed by atoms with van der Waals surface area (Å²) in [4.78, 5) is 43.9. The number of nitrogens with zero attached hydrogens (tertiary/aromatic N) is 4. The van der Waals surface area contributed by atoms with E-state index in [1.807, 2.05) is 0 Å². The Balaban J connectivity index is 1.37. The number of aromatic nitrogens is 4. The van der Waals surface area contributed by atoms with Gasteiger partial charge in [-0.2, -0.15) is 13.2 Å². The van der Waals surface area contributed by atoms with E-state index in [2.05, 4.69) is 9.97 Å². The fourth-order valence-electron chi connectivity index (χ4n) is 5.03. The van der Waals surface area contributed by atoms with Crippen molar-refractivity contribution in [1.29, 1.82) is 0 Å². The molecule has 38 heavy (non-hydrogen) atoms. The third kappa shape index (κ3) is 5.53. The molecule has 4 rings (SSSR count). The number of aliphatic hydroxyl groups excluding tert-OH is 1. The van der Waals surface area contributed by atoms with Crippen molar-refractivity contribution in [2.24, 2.45) is 0 Å². The highest BCUT2D eigenvalue weighted by molar-refractivity contribution is 5.77. The first kappa shape index (κ1) is 27.6. The maximum Gasteiger partial charge on any atom is 0.449 e. The van der Waals surface area contributed by atoms with Crippen LogP contribution in [0.1, 0.15) is 43.5 Å². The van der Waals surface area contributed by atoms with Crippen molar-refractivity contribution in [2.45, 2.75) is 76.0 Å². The lowest BCUT2D eigenvalue weighted by atomic mass is 9.79. The molecule has 13 heteroatoms. The fourth-order valence-corrected chi connectivity index (χ4v) is 5.03. The summed E-state index contributed by atoms with van der Waals surface area (Å²) in [6.07, 6.45) is -3.92. The molecule has 10 nitrogen and oxygen atoms in total. The number of hydrogen-bond acceptors (Lipinski definition) is 6. The van der Waals surface area contributed by atoms with Gasteiger partial charge in [-0.25, -0.2) is 9.78 Å². The molecule has 1 fully saturated rings. The average Bonchev–Trinajstić information content (AvgIpc) is 3.23. The number of fused-ring (bicyclic) bond motifs is 1. The Bertz CT molecular complexity index is 1450. The van der Waals surface area contributed by atoms with E-state index in [0.717, 1.165) is 9.13 Å². The van der Waals surface area contributed by atoms with Crippen LogP contribution < -0.4 is 11.2 Å². The van der Waals surface area contributed by atoms with Gasteiger partial charge >= 0.3 is 11.9 Å². The molecule has 1 aliphatic rings. The molecule has 0 spiro atoms. The number of carbonyl (C=O) groups excluding carboxylic acids is 1. The minimum atomic E-state index is -4.63. The lowest BCUT2D eigenvalue weighted by molar-refractivity contribution is -0.147. The lowest BCUT2D eigenvalue weighted by Gasteiger charge is -2.43. The van der Waals surface area contributed by atoms with Crippen LogP contribution in [0.25, 0.3) is 11.0 Å². The zero-order valence-corrected chi connectivity index (χ0v) is 21.0. The second-order valence-corrected chi connectivity index (χ2v) is 9.93. The zero-order chi connectivity index (χ0) is 27.8. The largest absolute Gasteiger partial charge is 0.449 e. The number of amides is 1. The monoisotopic (exact) mass is 537 g/mol. The molecule has 3 aromatic rings. The second kappa shape index (κ2) is 10.4. The van der Waals surface area contributed by atoms with Gasteiger partial charge in [-0.15, -0.1) is 0 Å². The number of imidazole rings is 1. The Labute approximate surface area is 215 Å². The van der Waals surface area contributed by atoms with Crippen molar-refractivity contribution < 1.29 is 28.2 Å². The maximum atomic E-state index is 13.5. The van der Waals surface area contributed by atoms with Crippen molar-refractivity contribution in [3.63, 3.8) is 0 Å². The number of aliphatic hydroxyl groups is 2. The molecular weight excluding hydrogens is 507 g/mol. The highest BCUT2D eigenvalue weighted by Gasteiger charge is 2.43. The molecule has 0 saturated heterocycles. The van der Waals surface area contributed by atoms with Gasteiger partial charge in [0.15, 0.2) is 0 Å². The normalized spacial score (nSPS) is 22.1. The summed E-state index contributed by atoms with van der Waals surface area (Å²) in [5.74, 6) is -1.30. The molecule has 1 aliphatic carbocycles. The first-order valence-corrected chi connectivity index (χ1v) is 12.3. The summed E-state index contributed by atoms with van der Waals surface area (Å²) in [5.41, 5.74) is -2.01. The highest BCUT2D eigenvalue weighted by atomic mass is 19.4. The molecule has 2 heterocycles. The van der Waals surface area contributed by atoms with E-state index in [0.29, 0.717) is 11.9 Å². The van der Waals surface area contributed by atoms with Crippen molar-refractivity contribution >= 4 is 16.9 Å². The molecule has 1 saturated carbocycles. The van der Waals surface area contributed by atoms with Crippen molar-refractivity contribution in [2.75, 3.05) is 7.05 Å². The Kier molecular flexibility index (Phi) is 7.53. The van der Waals surface area contributed by atoms with Crippen molar-refractivity contribution in [1.82, 2.24) is 24.0 Å². The zero-order valence-electron chi connectivity index (χ0n) is 21.0. The highest BCUT2D eigenvalue weighted by Crippen LogP contribution is 2.33. The number of halogens is 3. The van der Waals surface area contributed by atoms with E-state index in [4.69, 9.17) is 0 Å². The molecular formula is C25H30F3N5O5. The Morgan fingerprint density at radius 3 is 2.68 bits per heavy atom. The summed E-state index contributed by atoms with van der Waals surface area (Å²) < 4.78 is 42.7. The topological polar surface area (TPSA) is 133 Å². The van der Waals surface area contributed by atoms with E-state index in [1.165, 1.54) is 24.1 Å². The summed E-state index contributed by atoms with van der Waals surface area (Å²) in [6, 6.07) is 5.90. The maximum absolute atomic E-state index is 13.5. The standard InChI is InChI=1S/C25H30F3N5O5/c1-15-13-32(23(37)30-21(15)36)14-24(38)10-9-16(12-19(24)34)31(2)20(35)8-5-11-33-18-7-4-3-6-17(18)29-22(33)25(26,27)28/h3-4,6-7,13,16,19,34,38H,5,8-12,14H2,1-2H3,(H,30,36,37)/t16-,19+,24+/m0/s1. The summed E-state index contributed by atoms with van der Waals surface area (Å²) in [7, 11) is 1.56. The molecule has 0 aliphatic heterocycles. The summed E-state index contributed by atoms with van der Waals surface area (Å²) in [5, 5.41) is 21.8. The average molecular weight is 538 g/mol. The molecule has 206 valence electrons. The minimum Gasteiger partial charge on any atom is -0.390 e. The Morgan fingerprint density at radius 2 is 2.00 bits per heavy atom. The quantitative estimate of drug-likeness (QED) is 0.421. The van der Waals surface area contributed by atoms with Gasteiger partial charge in [0.1, 0.15) is 5.60 Å². The van der Waals surface area contributed by atoms with Crippen LogP contribution in [0.2, 0.25) is 0 Å². The number of rotatable bonds is 7. The third-order valence-corrected chi connectivity index (χ3v) is 7.28. The van der Waals surface area contributed by atoms with Gasteiger partial charge in [-0.05, 0) is 44.7 Å². The van der Waals surface area contributed by atoms with Gasteiger partial charge in [0.25, 0.3) is 5.56 Å². The molecule has 0 radical (unpaired) electrons. The fraction of sp³-hybridized carbons (Fsp3) is 0.520. The van der Waals surface area contributed by atoms with Crippen LogP contribution >= 0.6 is 0 Å². The van der Waals surface area contributed by atoms with Crippen LogP contribution in [0.15, 0.2) is 40.1 Å². The molecule has 2 aromatic heterocycles. The van der Waals surface area contributed by atoms with Gasteiger partial charge in [0.05, 0.1) is 23.7 Å². The SMILES string of the molecule is Cc1cn(C[C@]2(O)CC[C@H](N(C)C(=O)CCCn3c(C(F)(F)F)nc4ccccc43)C[C@H]2O)c(=O)[nH]c1=O. The van der Waals surface area contributed by atoms with Gasteiger partial charge in [-0.3, -0.25) is 19.1 Å². The van der Waals surface area contributed by atoms with Crippen molar-refractivity contribution in [3.05, 3.63) is 62.7 Å². The van der Waals surface area contributed by atoms with Crippen molar-refractivity contribution in [3.8, 4) is 0 Å². The van der Waals surface area contributed by atoms with Crippen LogP contribution in [-0.2, 0) is 24.1 Å². The Morgan fingerprint density at radius 1 is 1.29 bits per heavy atom. The molecule has 3 N–H and O–H groups in total. The van der Waals surface area contributed by atoms with Gasteiger partial charge in [0, 0.05) is 37.8 Å². The van der Waals surface area contributed by atoms with E-state index in [9.17, 15) is 37.8 Å². The van der Waals surface area contributed by atoms with E-state index in [1.54, 1.807) is 25.2 Å². The van der Waals surface area contributed by atoms with Crippen LogP contribution in [0, 0.1) is 6.92 Å². The lowest BCUT2D eigenvalue weighted by Crippen LogP contribution is -2.55. The number of carbonyl (C=O) groups is 1. The number of para-hydroxylation sites is 2. The van der Waals surface area contributed by atoms with Crippen LogP contribution in [0.3, 0.4) is 0 Å². The number of alkyl halides is 3. The number of aromatic amines is 1. The number of hydrogen-bond donors (Lipinski definition) is 3. The number of benzene rings is 1. The predicted molar refractivity (Wildman–Crippen MR) is 131 cm³/mol. The molecule has 3 atom stereocenters. The van der Waals surface area contributed by atoms with Gasteiger partial charge in [0.2, 0.25) is 11.7 Å². The number of H-pyrrole nitrogens is 1. The third-order valence-electron chi connectivity index (χ3n) is 7.28. The first-order chi connectivity index (χ1) is 17.8. The van der Waals surface area contributed by atoms with Crippen LogP contribution in [0.5, 0.6) is 0 Å². The van der Waals surface area contributed by atoms with Gasteiger partial charge < -0.3 is 19.7 Å². The van der Waals surface area contributed by atoms with Crippen LogP contribution in [0.4, 0.5) is 13.2 Å². The molecule has 1 aromatic carbocycles. The van der Waals surface area contributed by atoms with Crippen LogP contribution in [-0.4, -0.2) is 64.9 Å². The first-order valence-electron chi connectivity index (χ1n) is 12.3. The summed E-state index contributed by atoms with van der Waals surface area (Å²) in [6.45, 7) is 1.25. The van der Waals surface area contributed by atoms with E-state index >= 15 is 0 Å². The minimum absolute atomic E-state index is 0.0107. The molecule has 1 amide bonds.